The molecule has 0 amide bonds. The summed E-state index contributed by atoms with van der Waals surface area (Å²) in [4.78, 5) is 11.4. The number of carbonyl (C=O) groups excluding carboxylic acids is 1. The molecule has 2 unspecified atom stereocenters. The Balaban J connectivity index is 0.00000162. The van der Waals surface area contributed by atoms with E-state index in [1.807, 2.05) is 18.2 Å². The van der Waals surface area contributed by atoms with Gasteiger partial charge in [-0.25, -0.2) is 0 Å². The van der Waals surface area contributed by atoms with E-state index in [-0.39, 0.29) is 24.4 Å². The summed E-state index contributed by atoms with van der Waals surface area (Å²) in [6.45, 7) is 0.792. The van der Waals surface area contributed by atoms with E-state index in [1.54, 1.807) is 0 Å². The van der Waals surface area contributed by atoms with Crippen molar-refractivity contribution in [2.24, 2.45) is 0 Å². The van der Waals surface area contributed by atoms with Gasteiger partial charge in [0.05, 0.1) is 7.11 Å². The van der Waals surface area contributed by atoms with E-state index in [1.165, 1.54) is 12.7 Å². The second-order valence-corrected chi connectivity index (χ2v) is 4.75. The number of esters is 1. The maximum absolute atomic E-state index is 11.4. The summed E-state index contributed by atoms with van der Waals surface area (Å²) in [5.74, 6) is 0.254. The van der Waals surface area contributed by atoms with Gasteiger partial charge in [-0.15, -0.1) is 12.4 Å². The van der Waals surface area contributed by atoms with E-state index in [0.29, 0.717) is 5.92 Å². The molecular formula is C13H17Cl2NO2. The van der Waals surface area contributed by atoms with Gasteiger partial charge in [0, 0.05) is 11.6 Å². The molecule has 1 aromatic rings. The van der Waals surface area contributed by atoms with Crippen LogP contribution in [0.15, 0.2) is 24.3 Å². The Morgan fingerprint density at radius 2 is 2.22 bits per heavy atom. The number of carbonyl (C=O) groups is 1. The number of methoxy groups -OCH3 is 1. The quantitative estimate of drug-likeness (QED) is 0.851. The van der Waals surface area contributed by atoms with Gasteiger partial charge >= 0.3 is 5.97 Å². The van der Waals surface area contributed by atoms with Crippen molar-refractivity contribution in [2.75, 3.05) is 13.7 Å². The average Bonchev–Trinajstić information content (AvgIpc) is 2.38. The normalized spacial score (nSPS) is 23.0. The zero-order valence-electron chi connectivity index (χ0n) is 10.2. The number of hydrogen-bond acceptors (Lipinski definition) is 3. The molecule has 100 valence electrons. The highest BCUT2D eigenvalue weighted by Gasteiger charge is 2.26. The van der Waals surface area contributed by atoms with Crippen LogP contribution in [0.4, 0.5) is 0 Å². The van der Waals surface area contributed by atoms with E-state index in [0.717, 1.165) is 24.4 Å². The molecule has 1 aromatic carbocycles. The van der Waals surface area contributed by atoms with Crippen molar-refractivity contribution in [1.29, 1.82) is 0 Å². The van der Waals surface area contributed by atoms with Gasteiger partial charge in [0.25, 0.3) is 0 Å². The third kappa shape index (κ3) is 3.61. The van der Waals surface area contributed by atoms with Crippen molar-refractivity contribution in [3.63, 3.8) is 0 Å². The Bertz CT molecular complexity index is 404. The molecule has 5 heteroatoms. The topological polar surface area (TPSA) is 38.3 Å². The second kappa shape index (κ2) is 6.98. The minimum absolute atomic E-state index is 0. The van der Waals surface area contributed by atoms with Crippen molar-refractivity contribution < 1.29 is 9.53 Å². The predicted octanol–water partition coefficient (Wildman–Crippen LogP) is 2.77. The highest BCUT2D eigenvalue weighted by Crippen LogP contribution is 2.27. The highest BCUT2D eigenvalue weighted by atomic mass is 35.5. The van der Waals surface area contributed by atoms with Crippen LogP contribution in [0.5, 0.6) is 0 Å². The van der Waals surface area contributed by atoms with Gasteiger partial charge in [0.2, 0.25) is 0 Å². The third-order valence-corrected chi connectivity index (χ3v) is 3.46. The first-order valence-electron chi connectivity index (χ1n) is 5.77. The van der Waals surface area contributed by atoms with Crippen LogP contribution in [0.2, 0.25) is 5.02 Å². The summed E-state index contributed by atoms with van der Waals surface area (Å²) < 4.78 is 4.73. The molecule has 0 aromatic heterocycles. The molecule has 3 nitrogen and oxygen atoms in total. The zero-order valence-corrected chi connectivity index (χ0v) is 11.8. The summed E-state index contributed by atoms with van der Waals surface area (Å²) in [7, 11) is 1.42. The minimum atomic E-state index is -0.172. The van der Waals surface area contributed by atoms with E-state index in [4.69, 9.17) is 16.3 Å². The number of hydrogen-bond donors (Lipinski definition) is 1. The average molecular weight is 290 g/mol. The molecule has 0 radical (unpaired) electrons. The van der Waals surface area contributed by atoms with Crippen LogP contribution in [0.1, 0.15) is 24.3 Å². The zero-order chi connectivity index (χ0) is 12.3. The Labute approximate surface area is 118 Å². The SMILES string of the molecule is COC(=O)C1CCC(c2cccc(Cl)c2)CN1.Cl. The Kier molecular flexibility index (Phi) is 5.93. The van der Waals surface area contributed by atoms with Gasteiger partial charge < -0.3 is 10.1 Å². The molecule has 1 heterocycles. The largest absolute Gasteiger partial charge is 0.468 e. The van der Waals surface area contributed by atoms with Crippen LogP contribution in [0.3, 0.4) is 0 Å². The lowest BCUT2D eigenvalue weighted by atomic mass is 9.89. The number of piperidine rings is 1. The summed E-state index contributed by atoms with van der Waals surface area (Å²) in [5.41, 5.74) is 1.23. The fraction of sp³-hybridized carbons (Fsp3) is 0.462. The molecule has 2 atom stereocenters. The molecule has 1 saturated heterocycles. The van der Waals surface area contributed by atoms with Crippen LogP contribution in [0, 0.1) is 0 Å². The maximum atomic E-state index is 11.4. The van der Waals surface area contributed by atoms with Crippen LogP contribution in [0.25, 0.3) is 0 Å². The van der Waals surface area contributed by atoms with Crippen molar-refractivity contribution in [2.45, 2.75) is 24.8 Å². The van der Waals surface area contributed by atoms with E-state index in [2.05, 4.69) is 11.4 Å². The monoisotopic (exact) mass is 289 g/mol. The molecule has 0 aliphatic carbocycles. The molecular weight excluding hydrogens is 273 g/mol. The van der Waals surface area contributed by atoms with E-state index in [9.17, 15) is 4.79 Å². The van der Waals surface area contributed by atoms with E-state index < -0.39 is 0 Å². The number of halogens is 2. The molecule has 0 spiro atoms. The fourth-order valence-corrected chi connectivity index (χ4v) is 2.44. The van der Waals surface area contributed by atoms with Crippen molar-refractivity contribution in [3.8, 4) is 0 Å². The highest BCUT2D eigenvalue weighted by molar-refractivity contribution is 6.30. The van der Waals surface area contributed by atoms with Gasteiger partial charge in [0.1, 0.15) is 6.04 Å². The lowest BCUT2D eigenvalue weighted by Crippen LogP contribution is -2.43. The van der Waals surface area contributed by atoms with Gasteiger partial charge in [-0.2, -0.15) is 0 Å². The van der Waals surface area contributed by atoms with Crippen molar-refractivity contribution >= 4 is 30.0 Å². The molecule has 1 aliphatic rings. The number of ether oxygens (including phenoxy) is 1. The first-order chi connectivity index (χ1) is 8.20. The molecule has 2 rings (SSSR count). The minimum Gasteiger partial charge on any atom is -0.468 e. The van der Waals surface area contributed by atoms with Gasteiger partial charge in [0.15, 0.2) is 0 Å². The number of benzene rings is 1. The van der Waals surface area contributed by atoms with Crippen LogP contribution < -0.4 is 5.32 Å². The molecule has 1 fully saturated rings. The Hall–Kier alpha value is -0.770. The molecule has 0 bridgehead atoms. The van der Waals surface area contributed by atoms with Crippen LogP contribution >= 0.6 is 24.0 Å². The molecule has 18 heavy (non-hydrogen) atoms. The number of nitrogens with one attached hydrogen (secondary N) is 1. The van der Waals surface area contributed by atoms with Crippen LogP contribution in [-0.4, -0.2) is 25.7 Å². The third-order valence-electron chi connectivity index (χ3n) is 3.22. The lowest BCUT2D eigenvalue weighted by Gasteiger charge is -2.28. The second-order valence-electron chi connectivity index (χ2n) is 4.31. The first-order valence-corrected chi connectivity index (χ1v) is 6.15. The summed E-state index contributed by atoms with van der Waals surface area (Å²) >= 11 is 5.97. The maximum Gasteiger partial charge on any atom is 0.322 e. The molecule has 0 saturated carbocycles. The molecule has 1 N–H and O–H groups in total. The van der Waals surface area contributed by atoms with Gasteiger partial charge in [-0.1, -0.05) is 23.7 Å². The predicted molar refractivity (Wildman–Crippen MR) is 74.5 cm³/mol. The Morgan fingerprint density at radius 3 is 2.78 bits per heavy atom. The summed E-state index contributed by atoms with van der Waals surface area (Å²) in [6, 6.07) is 7.75. The Morgan fingerprint density at radius 1 is 1.44 bits per heavy atom. The standard InChI is InChI=1S/C13H16ClNO2.ClH/c1-17-13(16)12-6-5-10(8-15-12)9-3-2-4-11(14)7-9;/h2-4,7,10,12,15H,5-6,8H2,1H3;1H. The van der Waals surface area contributed by atoms with Gasteiger partial charge in [-0.3, -0.25) is 4.79 Å². The van der Waals surface area contributed by atoms with Crippen LogP contribution in [-0.2, 0) is 9.53 Å². The van der Waals surface area contributed by atoms with Gasteiger partial charge in [-0.05, 0) is 36.5 Å². The molecule has 1 aliphatic heterocycles. The van der Waals surface area contributed by atoms with E-state index >= 15 is 0 Å². The van der Waals surface area contributed by atoms with Crippen molar-refractivity contribution in [3.05, 3.63) is 34.9 Å². The van der Waals surface area contributed by atoms with Crippen molar-refractivity contribution in [1.82, 2.24) is 5.32 Å². The summed E-state index contributed by atoms with van der Waals surface area (Å²) in [6.07, 6.45) is 1.79. The lowest BCUT2D eigenvalue weighted by molar-refractivity contribution is -0.143. The fourth-order valence-electron chi connectivity index (χ4n) is 2.24. The smallest absolute Gasteiger partial charge is 0.322 e. The first kappa shape index (κ1) is 15.3. The number of rotatable bonds is 2. The summed E-state index contributed by atoms with van der Waals surface area (Å²) in [5, 5.41) is 3.98.